The number of rotatable bonds is 8. The van der Waals surface area contributed by atoms with Crippen molar-refractivity contribution in [2.45, 2.75) is 123 Å². The summed E-state index contributed by atoms with van der Waals surface area (Å²) >= 11 is 0. The third kappa shape index (κ3) is 6.97. The number of unbranched alkanes of at least 4 members (excludes halogenated alkanes) is 1. The predicted octanol–water partition coefficient (Wildman–Crippen LogP) is 6.82. The zero-order chi connectivity index (χ0) is 31.4. The zero-order valence-electron chi connectivity index (χ0n) is 27.5. The normalized spacial score (nSPS) is 23.2. The molecule has 1 aromatic heterocycles. The summed E-state index contributed by atoms with van der Waals surface area (Å²) in [6.07, 6.45) is 9.17. The second-order valence-electron chi connectivity index (χ2n) is 12.5. The minimum absolute atomic E-state index is 0.151. The van der Waals surface area contributed by atoms with Crippen LogP contribution >= 0.6 is 0 Å². The number of hydrogen-bond acceptors (Lipinski definition) is 4. The zero-order valence-corrected chi connectivity index (χ0v) is 27.5. The molecule has 6 atom stereocenters. The van der Waals surface area contributed by atoms with Crippen LogP contribution in [0.15, 0.2) is 30.9 Å². The molecule has 3 aliphatic heterocycles. The van der Waals surface area contributed by atoms with Crippen molar-refractivity contribution in [1.29, 1.82) is 0 Å². The summed E-state index contributed by atoms with van der Waals surface area (Å²) in [5.74, 6) is 0.801. The van der Waals surface area contributed by atoms with E-state index in [1.807, 2.05) is 32.1 Å². The molecule has 0 saturated heterocycles. The van der Waals surface area contributed by atoms with Gasteiger partial charge in [0.05, 0.1) is 23.6 Å². The summed E-state index contributed by atoms with van der Waals surface area (Å²) in [4.78, 5) is 17.9. The Morgan fingerprint density at radius 2 is 1.74 bits per heavy atom. The van der Waals surface area contributed by atoms with E-state index in [1.54, 1.807) is 6.92 Å². The number of aliphatic hydroxyl groups excluding tert-OH is 2. The number of allylic oxidation sites excluding steroid dienone is 3. The van der Waals surface area contributed by atoms with Gasteiger partial charge in [-0.05, 0) is 81.5 Å². The molecule has 0 spiro atoms. The molecule has 6 unspecified atom stereocenters. The standard InChI is InChI=1S/C37H52N4O2/c1-10-14-15-29-25(9)33-19-31-24(8)28(13-4)36(40-31)20-32-23(7)27(12-3)35(39-32)18-26(11-2)38-34(17-22(6)43)30(16-21(5)42)37(29)41-33/h11,13,17-22,24-25,28-29,38,40,42-43H,4,10,12,14-16H2,1-3,5-9H3/b26-11+,31-19?,34-17+,35-18?,36-20?,37-30?. The maximum Gasteiger partial charge on any atom is 0.0715 e. The largest absolute Gasteiger partial charge is 0.393 e. The third-order valence-electron chi connectivity index (χ3n) is 9.23. The first-order valence-corrected chi connectivity index (χ1v) is 16.2. The van der Waals surface area contributed by atoms with Gasteiger partial charge in [-0.25, -0.2) is 4.98 Å². The van der Waals surface area contributed by atoms with Crippen molar-refractivity contribution < 1.29 is 10.2 Å². The number of H-pyrrole nitrogens is 2. The molecule has 4 heterocycles. The molecule has 0 aromatic carbocycles. The van der Waals surface area contributed by atoms with Crippen LogP contribution in [-0.4, -0.2) is 42.4 Å². The van der Waals surface area contributed by atoms with E-state index in [9.17, 15) is 10.2 Å². The molecule has 4 N–H and O–H groups in total. The molecule has 0 fully saturated rings. The summed E-state index contributed by atoms with van der Waals surface area (Å²) in [6, 6.07) is 6.54. The summed E-state index contributed by atoms with van der Waals surface area (Å²) < 4.78 is 0. The molecule has 1 aromatic rings. The number of nitrogens with zero attached hydrogens (tertiary/aromatic N) is 2. The first-order chi connectivity index (χ1) is 20.5. The van der Waals surface area contributed by atoms with E-state index < -0.39 is 12.2 Å². The van der Waals surface area contributed by atoms with E-state index in [-0.39, 0.29) is 23.7 Å². The second kappa shape index (κ2) is 14.0. The summed E-state index contributed by atoms with van der Waals surface area (Å²) in [7, 11) is 0. The average molecular weight is 585 g/mol. The van der Waals surface area contributed by atoms with Crippen molar-refractivity contribution in [3.05, 3.63) is 81.3 Å². The van der Waals surface area contributed by atoms with E-state index in [1.165, 1.54) is 11.1 Å². The fourth-order valence-electron chi connectivity index (χ4n) is 6.73. The Bertz CT molecular complexity index is 1570. The lowest BCUT2D eigenvalue weighted by molar-refractivity contribution is 0.194. The number of aromatic amines is 2. The average Bonchev–Trinajstić information content (AvgIpc) is 3.54. The van der Waals surface area contributed by atoms with Gasteiger partial charge in [0.25, 0.3) is 0 Å². The quantitative estimate of drug-likeness (QED) is 0.252. The van der Waals surface area contributed by atoms with Gasteiger partial charge in [-0.3, -0.25) is 4.98 Å². The lowest BCUT2D eigenvalue weighted by atomic mass is 9.84. The molecule has 0 amide bonds. The van der Waals surface area contributed by atoms with Crippen molar-refractivity contribution >= 4 is 23.3 Å². The minimum Gasteiger partial charge on any atom is -0.393 e. The molecule has 6 bridgehead atoms. The number of fused-ring (bicyclic) bond motifs is 6. The summed E-state index contributed by atoms with van der Waals surface area (Å²) in [5, 5.41) is 23.0. The van der Waals surface area contributed by atoms with E-state index in [0.29, 0.717) is 6.42 Å². The van der Waals surface area contributed by atoms with Crippen LogP contribution in [0, 0.1) is 0 Å². The highest BCUT2D eigenvalue weighted by Gasteiger charge is 2.32. The van der Waals surface area contributed by atoms with Crippen LogP contribution < -0.4 is 10.7 Å². The Labute approximate surface area is 257 Å². The van der Waals surface area contributed by atoms with Gasteiger partial charge in [0, 0.05) is 63.6 Å². The molecule has 43 heavy (non-hydrogen) atoms. The maximum atomic E-state index is 10.7. The molecule has 6 nitrogen and oxygen atoms in total. The number of aromatic nitrogens is 4. The molecule has 4 rings (SSSR count). The van der Waals surface area contributed by atoms with Crippen molar-refractivity contribution in [3.8, 4) is 0 Å². The number of aliphatic hydroxyl groups is 2. The van der Waals surface area contributed by atoms with Crippen LogP contribution in [0.5, 0.6) is 0 Å². The Morgan fingerprint density at radius 3 is 2.35 bits per heavy atom. The van der Waals surface area contributed by atoms with Gasteiger partial charge in [0.1, 0.15) is 0 Å². The molecule has 6 heteroatoms. The Kier molecular flexibility index (Phi) is 10.7. The van der Waals surface area contributed by atoms with E-state index in [2.05, 4.69) is 69.4 Å². The number of nitrogens with one attached hydrogen (secondary N) is 2. The van der Waals surface area contributed by atoms with Crippen molar-refractivity contribution in [3.63, 3.8) is 0 Å². The monoisotopic (exact) mass is 584 g/mol. The van der Waals surface area contributed by atoms with Crippen molar-refractivity contribution in [1.82, 2.24) is 19.9 Å². The van der Waals surface area contributed by atoms with Crippen LogP contribution in [0.1, 0.15) is 144 Å². The number of hydrogen-bond donors (Lipinski definition) is 4. The maximum absolute atomic E-state index is 10.7. The molecular formula is C37H52N4O2. The van der Waals surface area contributed by atoms with Crippen LogP contribution in [0.3, 0.4) is 0 Å². The van der Waals surface area contributed by atoms with Gasteiger partial charge in [-0.2, -0.15) is 0 Å². The van der Waals surface area contributed by atoms with Gasteiger partial charge < -0.3 is 20.2 Å². The Balaban J connectivity index is 2.27. The van der Waals surface area contributed by atoms with E-state index >= 15 is 0 Å². The van der Waals surface area contributed by atoms with Gasteiger partial charge >= 0.3 is 0 Å². The van der Waals surface area contributed by atoms with Gasteiger partial charge in [0.2, 0.25) is 0 Å². The second-order valence-corrected chi connectivity index (χ2v) is 12.5. The molecule has 0 saturated carbocycles. The predicted molar refractivity (Wildman–Crippen MR) is 179 cm³/mol. The van der Waals surface area contributed by atoms with Gasteiger partial charge in [-0.1, -0.05) is 52.7 Å². The van der Waals surface area contributed by atoms with Crippen LogP contribution in [0.2, 0.25) is 0 Å². The Morgan fingerprint density at radius 1 is 1.00 bits per heavy atom. The molecule has 232 valence electrons. The molecular weight excluding hydrogens is 532 g/mol. The SMILES string of the molecule is C=CC1c2cc3nc(c/c(=C\C)[nH]/c(=C/C(C)O)c(CC(C)O)c4nc(cc([nH]2)C1C)C(C)C4CCCC)C(CC)=C3C. The fraction of sp³-hybridized carbons (Fsp3) is 0.514. The lowest BCUT2D eigenvalue weighted by Gasteiger charge is -2.19. The smallest absolute Gasteiger partial charge is 0.0715 e. The minimum atomic E-state index is -0.686. The van der Waals surface area contributed by atoms with E-state index in [4.69, 9.17) is 9.97 Å². The molecule has 0 aliphatic carbocycles. The van der Waals surface area contributed by atoms with E-state index in [0.717, 1.165) is 76.1 Å². The van der Waals surface area contributed by atoms with Gasteiger partial charge in [-0.15, -0.1) is 6.58 Å². The van der Waals surface area contributed by atoms with Crippen molar-refractivity contribution in [2.75, 3.05) is 0 Å². The lowest BCUT2D eigenvalue weighted by Crippen LogP contribution is -2.27. The van der Waals surface area contributed by atoms with Crippen molar-refractivity contribution in [2.24, 2.45) is 0 Å². The Hall–Kier alpha value is -3.22. The van der Waals surface area contributed by atoms with Crippen LogP contribution in [0.25, 0.3) is 23.3 Å². The van der Waals surface area contributed by atoms with Crippen LogP contribution in [0.4, 0.5) is 0 Å². The highest BCUT2D eigenvalue weighted by molar-refractivity contribution is 5.90. The van der Waals surface area contributed by atoms with Gasteiger partial charge in [0.15, 0.2) is 0 Å². The molecule has 3 aliphatic rings. The highest BCUT2D eigenvalue weighted by atomic mass is 16.3. The van der Waals surface area contributed by atoms with Crippen LogP contribution in [-0.2, 0) is 6.42 Å². The first kappa shape index (κ1) is 32.7. The summed E-state index contributed by atoms with van der Waals surface area (Å²) in [5.41, 5.74) is 9.58. The summed E-state index contributed by atoms with van der Waals surface area (Å²) in [6.45, 7) is 20.9. The highest BCUT2D eigenvalue weighted by Crippen LogP contribution is 2.43. The topological polar surface area (TPSA) is 97.8 Å². The fourth-order valence-corrected chi connectivity index (χ4v) is 6.73. The molecule has 0 radical (unpaired) electrons. The first-order valence-electron chi connectivity index (χ1n) is 16.2. The third-order valence-corrected chi connectivity index (χ3v) is 9.23.